The summed E-state index contributed by atoms with van der Waals surface area (Å²) in [6.07, 6.45) is 3.48. The molecule has 2 N–H and O–H groups in total. The van der Waals surface area contributed by atoms with Crippen LogP contribution in [0.1, 0.15) is 33.1 Å². The molecule has 2 aliphatic carbocycles. The van der Waals surface area contributed by atoms with E-state index in [1.54, 1.807) is 0 Å². The summed E-state index contributed by atoms with van der Waals surface area (Å²) in [5.41, 5.74) is 6.07. The van der Waals surface area contributed by atoms with E-state index in [1.165, 1.54) is 12.8 Å². The van der Waals surface area contributed by atoms with E-state index in [9.17, 15) is 4.79 Å². The second-order valence-electron chi connectivity index (χ2n) is 5.32. The highest BCUT2D eigenvalue weighted by atomic mass is 16.2. The van der Waals surface area contributed by atoms with Gasteiger partial charge in [0.05, 0.1) is 5.41 Å². The summed E-state index contributed by atoms with van der Waals surface area (Å²) in [6, 6.07) is 0.397. The number of rotatable bonds is 0. The number of carbonyl (C=O) groups excluding carboxylic acids is 1. The fraction of sp³-hybridized carbons (Fsp3) is 0.900. The highest BCUT2D eigenvalue weighted by molar-refractivity contribution is 5.87. The zero-order valence-corrected chi connectivity index (χ0v) is 8.18. The fourth-order valence-corrected chi connectivity index (χ4v) is 3.98. The van der Waals surface area contributed by atoms with Gasteiger partial charge in [0.2, 0.25) is 5.91 Å². The third-order valence-corrected chi connectivity index (χ3v) is 4.94. The first-order valence-electron chi connectivity index (χ1n) is 5.15. The summed E-state index contributed by atoms with van der Waals surface area (Å²) < 4.78 is 0. The van der Waals surface area contributed by atoms with Crippen LogP contribution in [0.25, 0.3) is 0 Å². The van der Waals surface area contributed by atoms with E-state index in [-0.39, 0.29) is 16.7 Å². The van der Waals surface area contributed by atoms with Gasteiger partial charge in [-0.25, -0.2) is 5.43 Å². The normalized spacial score (nSPS) is 50.8. The quantitative estimate of drug-likeness (QED) is 0.579. The van der Waals surface area contributed by atoms with Crippen molar-refractivity contribution in [1.82, 2.24) is 10.9 Å². The summed E-state index contributed by atoms with van der Waals surface area (Å²) >= 11 is 0. The van der Waals surface area contributed by atoms with Crippen molar-refractivity contribution in [2.24, 2.45) is 16.7 Å². The summed E-state index contributed by atoms with van der Waals surface area (Å²) in [5, 5.41) is 0. The van der Waals surface area contributed by atoms with E-state index in [4.69, 9.17) is 0 Å². The molecule has 1 spiro atoms. The first-order valence-corrected chi connectivity index (χ1v) is 5.15. The van der Waals surface area contributed by atoms with Gasteiger partial charge in [0.1, 0.15) is 0 Å². The van der Waals surface area contributed by atoms with Gasteiger partial charge < -0.3 is 0 Å². The molecule has 3 atom stereocenters. The highest BCUT2D eigenvalue weighted by Crippen LogP contribution is 2.66. The minimum absolute atomic E-state index is 0.0856. The Morgan fingerprint density at radius 1 is 1.46 bits per heavy atom. The zero-order valence-electron chi connectivity index (χ0n) is 8.18. The molecule has 1 saturated heterocycles. The standard InChI is InChI=1S/C10H16N2O/c1-9(2)6-3-4-10(9)7(5-6)11-12-8(10)13/h6-7,11H,3-5H2,1-2H3,(H,12,13)/t6-,7+,10+/m1/s1. The van der Waals surface area contributed by atoms with Crippen LogP contribution in [0, 0.1) is 16.7 Å². The van der Waals surface area contributed by atoms with Gasteiger partial charge >= 0.3 is 0 Å². The van der Waals surface area contributed by atoms with Crippen LogP contribution in [0.2, 0.25) is 0 Å². The maximum Gasteiger partial charge on any atom is 0.242 e. The molecular weight excluding hydrogens is 164 g/mol. The number of fused-ring (bicyclic) bond motifs is 1. The topological polar surface area (TPSA) is 41.1 Å². The molecular formula is C10H16N2O. The predicted molar refractivity (Wildman–Crippen MR) is 48.6 cm³/mol. The zero-order chi connectivity index (χ0) is 9.27. The van der Waals surface area contributed by atoms with Gasteiger partial charge in [0.15, 0.2) is 0 Å². The van der Waals surface area contributed by atoms with E-state index in [2.05, 4.69) is 24.7 Å². The number of hydrogen-bond acceptors (Lipinski definition) is 2. The van der Waals surface area contributed by atoms with Gasteiger partial charge in [-0.05, 0) is 30.6 Å². The molecule has 0 aromatic heterocycles. The Balaban J connectivity index is 2.16. The van der Waals surface area contributed by atoms with Crippen LogP contribution in [-0.2, 0) is 4.79 Å². The van der Waals surface area contributed by atoms with E-state index in [0.29, 0.717) is 6.04 Å². The minimum atomic E-state index is -0.0856. The second-order valence-corrected chi connectivity index (χ2v) is 5.32. The molecule has 3 aliphatic rings. The summed E-state index contributed by atoms with van der Waals surface area (Å²) in [6.45, 7) is 4.52. The molecule has 0 aromatic rings. The van der Waals surface area contributed by atoms with Crippen LogP contribution in [0.3, 0.4) is 0 Å². The first kappa shape index (κ1) is 7.80. The molecule has 0 radical (unpaired) electrons. The Morgan fingerprint density at radius 2 is 2.23 bits per heavy atom. The van der Waals surface area contributed by atoms with Crippen molar-refractivity contribution >= 4 is 5.91 Å². The van der Waals surface area contributed by atoms with Crippen LogP contribution in [-0.4, -0.2) is 11.9 Å². The van der Waals surface area contributed by atoms with Gasteiger partial charge in [-0.1, -0.05) is 13.8 Å². The number of amides is 1. The van der Waals surface area contributed by atoms with Gasteiger partial charge in [0.25, 0.3) is 0 Å². The average Bonchev–Trinajstić information content (AvgIpc) is 2.62. The van der Waals surface area contributed by atoms with Crippen LogP contribution >= 0.6 is 0 Å². The molecule has 3 fully saturated rings. The monoisotopic (exact) mass is 180 g/mol. The lowest BCUT2D eigenvalue weighted by atomic mass is 9.68. The molecule has 2 saturated carbocycles. The highest BCUT2D eigenvalue weighted by Gasteiger charge is 2.70. The SMILES string of the molecule is CC1(C)[C@@H]2CC[C@]13C(=O)NN[C@H]3C2. The van der Waals surface area contributed by atoms with E-state index >= 15 is 0 Å². The van der Waals surface area contributed by atoms with Crippen molar-refractivity contribution in [3.8, 4) is 0 Å². The summed E-state index contributed by atoms with van der Waals surface area (Å²) in [7, 11) is 0. The lowest BCUT2D eigenvalue weighted by molar-refractivity contribution is -0.131. The third kappa shape index (κ3) is 0.592. The van der Waals surface area contributed by atoms with E-state index < -0.39 is 0 Å². The molecule has 13 heavy (non-hydrogen) atoms. The number of hydrogen-bond donors (Lipinski definition) is 2. The maximum absolute atomic E-state index is 11.9. The molecule has 3 heteroatoms. The molecule has 72 valence electrons. The Hall–Kier alpha value is -0.570. The molecule has 0 unspecified atom stereocenters. The summed E-state index contributed by atoms with van der Waals surface area (Å²) in [4.78, 5) is 11.9. The molecule has 0 aromatic carbocycles. The minimum Gasteiger partial charge on any atom is -0.291 e. The van der Waals surface area contributed by atoms with Crippen molar-refractivity contribution in [3.63, 3.8) is 0 Å². The largest absolute Gasteiger partial charge is 0.291 e. The molecule has 1 amide bonds. The van der Waals surface area contributed by atoms with Gasteiger partial charge in [-0.2, -0.15) is 0 Å². The van der Waals surface area contributed by atoms with Crippen molar-refractivity contribution in [1.29, 1.82) is 0 Å². The lowest BCUT2D eigenvalue weighted by Crippen LogP contribution is -2.42. The molecule has 1 heterocycles. The molecule has 2 bridgehead atoms. The van der Waals surface area contributed by atoms with Gasteiger partial charge in [-0.15, -0.1) is 0 Å². The summed E-state index contributed by atoms with van der Waals surface area (Å²) in [5.74, 6) is 0.985. The van der Waals surface area contributed by atoms with E-state index in [0.717, 1.165) is 12.3 Å². The van der Waals surface area contributed by atoms with Crippen molar-refractivity contribution < 1.29 is 4.79 Å². The Morgan fingerprint density at radius 3 is 2.85 bits per heavy atom. The van der Waals surface area contributed by atoms with Crippen molar-refractivity contribution in [2.45, 2.75) is 39.2 Å². The second kappa shape index (κ2) is 1.92. The number of nitrogens with one attached hydrogen (secondary N) is 2. The van der Waals surface area contributed by atoms with Crippen molar-refractivity contribution in [2.75, 3.05) is 0 Å². The van der Waals surface area contributed by atoms with Gasteiger partial charge in [0, 0.05) is 6.04 Å². The Labute approximate surface area is 78.2 Å². The maximum atomic E-state index is 11.9. The van der Waals surface area contributed by atoms with Crippen LogP contribution in [0.15, 0.2) is 0 Å². The first-order chi connectivity index (χ1) is 6.09. The van der Waals surface area contributed by atoms with Gasteiger partial charge in [-0.3, -0.25) is 10.2 Å². The Bertz CT molecular complexity index is 287. The number of carbonyl (C=O) groups is 1. The van der Waals surface area contributed by atoms with Crippen LogP contribution < -0.4 is 10.9 Å². The molecule has 3 rings (SSSR count). The molecule has 3 nitrogen and oxygen atoms in total. The lowest BCUT2D eigenvalue weighted by Gasteiger charge is -2.34. The van der Waals surface area contributed by atoms with E-state index in [1.807, 2.05) is 0 Å². The van der Waals surface area contributed by atoms with Crippen molar-refractivity contribution in [3.05, 3.63) is 0 Å². The third-order valence-electron chi connectivity index (χ3n) is 4.94. The smallest absolute Gasteiger partial charge is 0.242 e. The predicted octanol–water partition coefficient (Wildman–Crippen LogP) is 0.816. The Kier molecular flexibility index (Phi) is 1.15. The van der Waals surface area contributed by atoms with Crippen LogP contribution in [0.4, 0.5) is 0 Å². The molecule has 1 aliphatic heterocycles. The number of hydrazine groups is 1. The fourth-order valence-electron chi connectivity index (χ4n) is 3.98. The average molecular weight is 180 g/mol. The van der Waals surface area contributed by atoms with Crippen LogP contribution in [0.5, 0.6) is 0 Å².